The lowest BCUT2D eigenvalue weighted by Gasteiger charge is -2.37. The molecule has 3 heterocycles. The molecule has 3 aliphatic heterocycles. The minimum Gasteiger partial charge on any atom is -0.396 e. The summed E-state index contributed by atoms with van der Waals surface area (Å²) in [5.41, 5.74) is 0.433. The second-order valence-electron chi connectivity index (χ2n) is 12.4. The molecule has 5 rings (SSSR count). The van der Waals surface area contributed by atoms with Crippen molar-refractivity contribution < 1.29 is 24.2 Å². The Balaban J connectivity index is 1.57. The molecule has 0 saturated carbocycles. The molecular formula is C37H48N4O5. The Labute approximate surface area is 273 Å². The van der Waals surface area contributed by atoms with Crippen LogP contribution in [0.25, 0.3) is 0 Å². The molecule has 2 bridgehead atoms. The molecule has 0 aliphatic carbocycles. The Morgan fingerprint density at radius 2 is 1.50 bits per heavy atom. The first-order valence-electron chi connectivity index (χ1n) is 16.6. The van der Waals surface area contributed by atoms with Gasteiger partial charge in [-0.2, -0.15) is 0 Å². The summed E-state index contributed by atoms with van der Waals surface area (Å²) in [6, 6.07) is 16.3. The number of aliphatic hydroxyl groups excluding tert-OH is 1. The van der Waals surface area contributed by atoms with E-state index in [-0.39, 0.29) is 44.0 Å². The van der Waals surface area contributed by atoms with Crippen LogP contribution >= 0.6 is 0 Å². The maximum atomic E-state index is 14.9. The first-order chi connectivity index (χ1) is 22.3. The van der Waals surface area contributed by atoms with Crippen LogP contribution in [0.15, 0.2) is 79.9 Å². The number of hydrogen-bond donors (Lipinski definition) is 1. The van der Waals surface area contributed by atoms with Crippen molar-refractivity contribution in [3.8, 4) is 0 Å². The van der Waals surface area contributed by atoms with Crippen LogP contribution in [0.1, 0.15) is 46.5 Å². The van der Waals surface area contributed by atoms with Gasteiger partial charge in [0.2, 0.25) is 11.8 Å². The third-order valence-corrected chi connectivity index (χ3v) is 10.3. The smallest absolute Gasteiger partial charge is 0.253 e. The van der Waals surface area contributed by atoms with Gasteiger partial charge in [-0.15, -0.1) is 13.2 Å². The number of anilines is 3. The van der Waals surface area contributed by atoms with Crippen LogP contribution in [-0.2, 0) is 19.1 Å². The number of fused-ring (bicyclic) bond motifs is 1. The highest BCUT2D eigenvalue weighted by Crippen LogP contribution is 2.64. The van der Waals surface area contributed by atoms with Gasteiger partial charge in [0, 0.05) is 56.4 Å². The van der Waals surface area contributed by atoms with Gasteiger partial charge in [-0.25, -0.2) is 0 Å². The summed E-state index contributed by atoms with van der Waals surface area (Å²) >= 11 is 0. The number of ether oxygens (including phenoxy) is 1. The van der Waals surface area contributed by atoms with E-state index in [0.29, 0.717) is 31.4 Å². The number of carbonyl (C=O) groups excluding carboxylic acids is 3. The normalized spacial score (nSPS) is 26.1. The Hall–Kier alpha value is -3.95. The van der Waals surface area contributed by atoms with Gasteiger partial charge in [0.05, 0.1) is 17.4 Å². The predicted molar refractivity (Wildman–Crippen MR) is 182 cm³/mol. The van der Waals surface area contributed by atoms with E-state index in [4.69, 9.17) is 4.74 Å². The molecule has 9 nitrogen and oxygen atoms in total. The summed E-state index contributed by atoms with van der Waals surface area (Å²) in [4.78, 5) is 51.2. The SMILES string of the molecule is C=CCN(C(=O)C1N(CCCO)C(=O)[C@@H]2[C@H](C(=O)N(CC=C)c3ccccc3)[C@]3(CC)CCC12O3)c1ccc(N(CC)CC)cc1. The number of amides is 3. The maximum Gasteiger partial charge on any atom is 0.253 e. The van der Waals surface area contributed by atoms with Crippen molar-refractivity contribution in [3.05, 3.63) is 79.9 Å². The fourth-order valence-corrected chi connectivity index (χ4v) is 8.11. The molecule has 46 heavy (non-hydrogen) atoms. The molecule has 2 aromatic carbocycles. The summed E-state index contributed by atoms with van der Waals surface area (Å²) in [5, 5.41) is 9.78. The van der Waals surface area contributed by atoms with Crippen LogP contribution in [0.3, 0.4) is 0 Å². The van der Waals surface area contributed by atoms with E-state index in [1.54, 1.807) is 26.9 Å². The first kappa shape index (κ1) is 33.4. The van der Waals surface area contributed by atoms with E-state index >= 15 is 0 Å². The van der Waals surface area contributed by atoms with Gasteiger partial charge in [-0.1, -0.05) is 37.3 Å². The van der Waals surface area contributed by atoms with Crippen molar-refractivity contribution in [2.24, 2.45) is 11.8 Å². The molecule has 246 valence electrons. The van der Waals surface area contributed by atoms with Crippen LogP contribution < -0.4 is 14.7 Å². The molecular weight excluding hydrogens is 580 g/mol. The topological polar surface area (TPSA) is 93.6 Å². The Bertz CT molecular complexity index is 1430. The number of hydrogen-bond acceptors (Lipinski definition) is 6. The summed E-state index contributed by atoms with van der Waals surface area (Å²) in [5.74, 6) is -2.32. The lowest BCUT2D eigenvalue weighted by Crippen LogP contribution is -2.56. The molecule has 0 radical (unpaired) electrons. The van der Waals surface area contributed by atoms with E-state index in [1.165, 1.54) is 0 Å². The number of carbonyl (C=O) groups is 3. The first-order valence-corrected chi connectivity index (χ1v) is 16.6. The van der Waals surface area contributed by atoms with E-state index in [0.717, 1.165) is 24.5 Å². The van der Waals surface area contributed by atoms with Crippen molar-refractivity contribution in [3.63, 3.8) is 0 Å². The summed E-state index contributed by atoms with van der Waals surface area (Å²) in [7, 11) is 0. The van der Waals surface area contributed by atoms with Gasteiger partial charge in [0.15, 0.2) is 0 Å². The van der Waals surface area contributed by atoms with Gasteiger partial charge in [-0.3, -0.25) is 14.4 Å². The molecule has 3 saturated heterocycles. The quantitative estimate of drug-likeness (QED) is 0.285. The average molecular weight is 629 g/mol. The number of likely N-dealkylation sites (tertiary alicyclic amines) is 1. The second kappa shape index (κ2) is 13.8. The lowest BCUT2D eigenvalue weighted by atomic mass is 9.64. The van der Waals surface area contributed by atoms with Crippen LogP contribution in [-0.4, -0.2) is 84.3 Å². The number of rotatable bonds is 15. The van der Waals surface area contributed by atoms with Gasteiger partial charge in [0.25, 0.3) is 5.91 Å². The highest BCUT2D eigenvalue weighted by molar-refractivity contribution is 6.07. The van der Waals surface area contributed by atoms with Crippen molar-refractivity contribution in [1.82, 2.24) is 4.90 Å². The zero-order valence-electron chi connectivity index (χ0n) is 27.4. The predicted octanol–water partition coefficient (Wildman–Crippen LogP) is 4.81. The van der Waals surface area contributed by atoms with Crippen molar-refractivity contribution in [2.45, 2.75) is 63.7 Å². The van der Waals surface area contributed by atoms with E-state index in [9.17, 15) is 19.5 Å². The number of nitrogens with zero attached hydrogens (tertiary/aromatic N) is 4. The van der Waals surface area contributed by atoms with Crippen molar-refractivity contribution in [1.29, 1.82) is 0 Å². The Morgan fingerprint density at radius 1 is 0.913 bits per heavy atom. The zero-order chi connectivity index (χ0) is 33.1. The Morgan fingerprint density at radius 3 is 2.07 bits per heavy atom. The molecule has 2 unspecified atom stereocenters. The maximum absolute atomic E-state index is 14.9. The lowest BCUT2D eigenvalue weighted by molar-refractivity contribution is -0.146. The number of para-hydroxylation sites is 1. The molecule has 3 amide bonds. The van der Waals surface area contributed by atoms with Gasteiger partial charge >= 0.3 is 0 Å². The summed E-state index contributed by atoms with van der Waals surface area (Å²) in [6.45, 7) is 16.3. The fourth-order valence-electron chi connectivity index (χ4n) is 8.11. The molecule has 5 atom stereocenters. The van der Waals surface area contributed by atoms with Gasteiger partial charge < -0.3 is 29.4 Å². The van der Waals surface area contributed by atoms with Gasteiger partial charge in [-0.05, 0) is 75.9 Å². The summed E-state index contributed by atoms with van der Waals surface area (Å²) < 4.78 is 7.00. The highest BCUT2D eigenvalue weighted by atomic mass is 16.5. The molecule has 2 aromatic rings. The molecule has 9 heteroatoms. The van der Waals surface area contributed by atoms with E-state index in [2.05, 4.69) is 31.9 Å². The highest BCUT2D eigenvalue weighted by Gasteiger charge is 2.79. The van der Waals surface area contributed by atoms with Crippen molar-refractivity contribution >= 4 is 34.8 Å². The minimum atomic E-state index is -1.17. The van der Waals surface area contributed by atoms with Crippen LogP contribution in [0.5, 0.6) is 0 Å². The molecule has 1 spiro atoms. The summed E-state index contributed by atoms with van der Waals surface area (Å²) in [6.07, 6.45) is 5.26. The third kappa shape index (κ3) is 5.43. The number of benzene rings is 2. The van der Waals surface area contributed by atoms with Crippen LogP contribution in [0.4, 0.5) is 17.1 Å². The average Bonchev–Trinajstić information content (AvgIpc) is 3.69. The molecule has 0 aromatic heterocycles. The number of aliphatic hydroxyl groups is 1. The zero-order valence-corrected chi connectivity index (χ0v) is 27.4. The van der Waals surface area contributed by atoms with Gasteiger partial charge in [0.1, 0.15) is 11.6 Å². The van der Waals surface area contributed by atoms with E-state index < -0.39 is 29.1 Å². The molecule has 3 fully saturated rings. The second-order valence-corrected chi connectivity index (χ2v) is 12.4. The Kier molecular flexibility index (Phi) is 10.0. The van der Waals surface area contributed by atoms with E-state index in [1.807, 2.05) is 61.5 Å². The monoisotopic (exact) mass is 628 g/mol. The largest absolute Gasteiger partial charge is 0.396 e. The van der Waals surface area contributed by atoms with Crippen LogP contribution in [0, 0.1) is 11.8 Å². The third-order valence-electron chi connectivity index (χ3n) is 10.3. The van der Waals surface area contributed by atoms with Crippen LogP contribution in [0.2, 0.25) is 0 Å². The fraction of sp³-hybridized carbons (Fsp3) is 0.486. The molecule has 3 aliphatic rings. The van der Waals surface area contributed by atoms with Crippen molar-refractivity contribution in [2.75, 3.05) is 54.0 Å². The standard InChI is InChI=1S/C37H48N4O5/c1-6-23-39(28-15-12-11-13-16-28)33(43)30-31-34(44)41(25-14-26-42)32(37(31)22-21-36(30,8-3)46-37)35(45)40(24-7-2)29-19-17-27(18-20-29)38(9-4)10-5/h6-7,11-13,15-20,30-32,42H,1-2,8-10,14,21-26H2,3-5H3/t30-,31+,32?,36+,37?/m1/s1. The minimum absolute atomic E-state index is 0.130. The molecule has 1 N–H and O–H groups in total.